The Morgan fingerprint density at radius 3 is 2.16 bits per heavy atom. The summed E-state index contributed by atoms with van der Waals surface area (Å²) >= 11 is 0. The van der Waals surface area contributed by atoms with Crippen molar-refractivity contribution in [3.05, 3.63) is 93.9 Å². The van der Waals surface area contributed by atoms with E-state index in [1.54, 1.807) is 0 Å². The van der Waals surface area contributed by atoms with Gasteiger partial charge in [0.1, 0.15) is 12.4 Å². The van der Waals surface area contributed by atoms with Crippen molar-refractivity contribution >= 4 is 17.1 Å². The van der Waals surface area contributed by atoms with Crippen LogP contribution < -0.4 is 4.74 Å². The number of halogens is 7. The highest BCUT2D eigenvalue weighted by molar-refractivity contribution is 5.96. The topological polar surface area (TPSA) is 59.4 Å². The molecule has 4 nitrogen and oxygen atoms in total. The zero-order valence-corrected chi connectivity index (χ0v) is 18.9. The molecule has 0 spiro atoms. The largest absolute Gasteiger partial charge is 0.478 e. The van der Waals surface area contributed by atoms with Gasteiger partial charge in [-0.1, -0.05) is 18.2 Å². The normalized spacial score (nSPS) is 14.2. The van der Waals surface area contributed by atoms with Gasteiger partial charge in [0, 0.05) is 11.8 Å². The summed E-state index contributed by atoms with van der Waals surface area (Å²) in [5, 5.41) is 9.25. The smallest absolute Gasteiger partial charge is 0.417 e. The summed E-state index contributed by atoms with van der Waals surface area (Å²) in [5.74, 6) is -2.60. The molecule has 0 radical (unpaired) electrons. The van der Waals surface area contributed by atoms with Crippen molar-refractivity contribution in [3.63, 3.8) is 0 Å². The molecular formula is C26H18F7NO3. The SMILES string of the molecule is O=C(O)c1cc(C2=C(c3cc(C(F)(F)F)cnc3OCc3ccc(C(F)(F)F)cc3)CCC2)ccc1F. The fourth-order valence-corrected chi connectivity index (χ4v) is 4.12. The Bertz CT molecular complexity index is 1360. The number of aromatic nitrogens is 1. The van der Waals surface area contributed by atoms with E-state index in [4.69, 9.17) is 4.74 Å². The van der Waals surface area contributed by atoms with Crippen molar-refractivity contribution in [3.8, 4) is 5.88 Å². The highest BCUT2D eigenvalue weighted by atomic mass is 19.4. The van der Waals surface area contributed by atoms with Crippen molar-refractivity contribution in [1.82, 2.24) is 4.98 Å². The highest BCUT2D eigenvalue weighted by Gasteiger charge is 2.33. The molecule has 1 aromatic heterocycles. The van der Waals surface area contributed by atoms with E-state index in [0.717, 1.165) is 30.3 Å². The molecule has 0 aliphatic heterocycles. The average Bonchev–Trinajstić information content (AvgIpc) is 3.31. The predicted molar refractivity (Wildman–Crippen MR) is 119 cm³/mol. The molecule has 3 aromatic rings. The molecule has 1 heterocycles. The molecule has 4 rings (SSSR count). The van der Waals surface area contributed by atoms with Crippen LogP contribution >= 0.6 is 0 Å². The van der Waals surface area contributed by atoms with Crippen LogP contribution in [0.15, 0.2) is 54.7 Å². The molecule has 0 saturated carbocycles. The number of hydrogen-bond donors (Lipinski definition) is 1. The van der Waals surface area contributed by atoms with Gasteiger partial charge in [-0.05, 0) is 71.9 Å². The van der Waals surface area contributed by atoms with Crippen molar-refractivity contribution in [2.24, 2.45) is 0 Å². The van der Waals surface area contributed by atoms with Gasteiger partial charge in [0.15, 0.2) is 0 Å². The monoisotopic (exact) mass is 525 g/mol. The van der Waals surface area contributed by atoms with Crippen LogP contribution in [0, 0.1) is 5.82 Å². The third-order valence-electron chi connectivity index (χ3n) is 5.92. The van der Waals surface area contributed by atoms with Crippen molar-refractivity contribution in [1.29, 1.82) is 0 Å². The molecule has 11 heteroatoms. The lowest BCUT2D eigenvalue weighted by molar-refractivity contribution is -0.138. The molecule has 1 aliphatic carbocycles. The molecule has 0 fully saturated rings. The van der Waals surface area contributed by atoms with Gasteiger partial charge in [0.2, 0.25) is 5.88 Å². The number of nitrogens with zero attached hydrogens (tertiary/aromatic N) is 1. The van der Waals surface area contributed by atoms with Crippen LogP contribution in [0.25, 0.3) is 11.1 Å². The van der Waals surface area contributed by atoms with Crippen LogP contribution in [0.3, 0.4) is 0 Å². The second kappa shape index (κ2) is 9.87. The maximum absolute atomic E-state index is 13.9. The van der Waals surface area contributed by atoms with Crippen LogP contribution in [-0.2, 0) is 19.0 Å². The second-order valence-electron chi connectivity index (χ2n) is 8.37. The maximum Gasteiger partial charge on any atom is 0.417 e. The van der Waals surface area contributed by atoms with Gasteiger partial charge in [0.05, 0.1) is 16.7 Å². The van der Waals surface area contributed by atoms with Gasteiger partial charge in [-0.3, -0.25) is 0 Å². The van der Waals surface area contributed by atoms with Crippen LogP contribution in [0.2, 0.25) is 0 Å². The number of ether oxygens (including phenoxy) is 1. The molecule has 0 unspecified atom stereocenters. The summed E-state index contributed by atoms with van der Waals surface area (Å²) in [4.78, 5) is 15.2. The third kappa shape index (κ3) is 5.76. The number of carboxylic acid groups (broad SMARTS) is 1. The lowest BCUT2D eigenvalue weighted by atomic mass is 9.95. The van der Waals surface area contributed by atoms with Gasteiger partial charge in [-0.15, -0.1) is 0 Å². The summed E-state index contributed by atoms with van der Waals surface area (Å²) in [6.45, 7) is -0.258. The second-order valence-corrected chi connectivity index (χ2v) is 8.37. The summed E-state index contributed by atoms with van der Waals surface area (Å²) in [7, 11) is 0. The minimum atomic E-state index is -4.71. The molecule has 0 atom stereocenters. The Balaban J connectivity index is 1.74. The Hall–Kier alpha value is -3.89. The lowest BCUT2D eigenvalue weighted by Gasteiger charge is -2.16. The Labute approximate surface area is 206 Å². The van der Waals surface area contributed by atoms with E-state index < -0.39 is 40.8 Å². The number of alkyl halides is 6. The zero-order valence-electron chi connectivity index (χ0n) is 18.9. The molecule has 2 aromatic carbocycles. The quantitative estimate of drug-likeness (QED) is 0.336. The number of pyridine rings is 1. The lowest BCUT2D eigenvalue weighted by Crippen LogP contribution is -2.09. The van der Waals surface area contributed by atoms with Gasteiger partial charge in [0.25, 0.3) is 0 Å². The first kappa shape index (κ1) is 26.2. The van der Waals surface area contributed by atoms with E-state index >= 15 is 0 Å². The molecule has 194 valence electrons. The zero-order chi connectivity index (χ0) is 27.0. The first-order chi connectivity index (χ1) is 17.3. The standard InChI is InChI=1S/C26H18F7NO3/c27-22-9-6-15(10-21(22)24(35)36)18-2-1-3-19(18)20-11-17(26(31,32)33)12-34-23(20)37-13-14-4-7-16(8-5-14)25(28,29)30/h4-12H,1-3,13H2,(H,35,36). The number of carboxylic acids is 1. The van der Waals surface area contributed by atoms with Crippen molar-refractivity contribution in [2.45, 2.75) is 38.2 Å². The molecule has 0 bridgehead atoms. The first-order valence-electron chi connectivity index (χ1n) is 11.0. The summed E-state index contributed by atoms with van der Waals surface area (Å²) < 4.78 is 98.4. The van der Waals surface area contributed by atoms with Gasteiger partial charge in [-0.25, -0.2) is 14.2 Å². The van der Waals surface area contributed by atoms with Crippen LogP contribution in [0.1, 0.15) is 57.4 Å². The van der Waals surface area contributed by atoms with E-state index in [2.05, 4.69) is 4.98 Å². The van der Waals surface area contributed by atoms with Crippen molar-refractivity contribution in [2.75, 3.05) is 0 Å². The fraction of sp³-hybridized carbons (Fsp3) is 0.231. The number of rotatable bonds is 6. The van der Waals surface area contributed by atoms with E-state index in [9.17, 15) is 40.6 Å². The number of hydrogen-bond acceptors (Lipinski definition) is 3. The summed E-state index contributed by atoms with van der Waals surface area (Å²) in [5.41, 5.74) is -0.790. The Morgan fingerprint density at radius 2 is 1.54 bits per heavy atom. The van der Waals surface area contributed by atoms with Gasteiger partial charge < -0.3 is 9.84 Å². The van der Waals surface area contributed by atoms with Gasteiger partial charge in [-0.2, -0.15) is 26.3 Å². The van der Waals surface area contributed by atoms with E-state index in [1.165, 1.54) is 18.2 Å². The van der Waals surface area contributed by atoms with Crippen LogP contribution in [0.4, 0.5) is 30.7 Å². The molecule has 1 aliphatic rings. The van der Waals surface area contributed by atoms with E-state index in [1.807, 2.05) is 0 Å². The number of carbonyl (C=O) groups is 1. The Morgan fingerprint density at radius 1 is 0.892 bits per heavy atom. The maximum atomic E-state index is 13.9. The summed E-state index contributed by atoms with van der Waals surface area (Å²) in [6.07, 6.45) is -7.36. The molecular weight excluding hydrogens is 507 g/mol. The first-order valence-corrected chi connectivity index (χ1v) is 11.0. The molecule has 0 amide bonds. The fourth-order valence-electron chi connectivity index (χ4n) is 4.12. The van der Waals surface area contributed by atoms with Crippen LogP contribution in [0.5, 0.6) is 5.88 Å². The molecule has 0 saturated heterocycles. The highest BCUT2D eigenvalue weighted by Crippen LogP contribution is 2.44. The Kier molecular flexibility index (Phi) is 6.98. The molecule has 37 heavy (non-hydrogen) atoms. The third-order valence-corrected chi connectivity index (χ3v) is 5.92. The minimum absolute atomic E-state index is 0.0236. The van der Waals surface area contributed by atoms with E-state index in [-0.39, 0.29) is 18.1 Å². The number of allylic oxidation sites excluding steroid dienone is 2. The minimum Gasteiger partial charge on any atom is -0.478 e. The average molecular weight is 525 g/mol. The number of benzene rings is 2. The van der Waals surface area contributed by atoms with Crippen molar-refractivity contribution < 1.29 is 45.4 Å². The molecule has 1 N–H and O–H groups in total. The van der Waals surface area contributed by atoms with E-state index in [0.29, 0.717) is 47.7 Å². The number of aromatic carboxylic acids is 1. The van der Waals surface area contributed by atoms with Gasteiger partial charge >= 0.3 is 18.3 Å². The summed E-state index contributed by atoms with van der Waals surface area (Å²) in [6, 6.07) is 8.45. The predicted octanol–water partition coefficient (Wildman–Crippen LogP) is 7.63. The van der Waals surface area contributed by atoms with Crippen LogP contribution in [-0.4, -0.2) is 16.1 Å².